The molecule has 21 heavy (non-hydrogen) atoms. The maximum Gasteiger partial charge on any atom is 0.328 e. The lowest BCUT2D eigenvalue weighted by Gasteiger charge is -2.15. The first kappa shape index (κ1) is 14.8. The van der Waals surface area contributed by atoms with E-state index in [1.807, 2.05) is 13.0 Å². The van der Waals surface area contributed by atoms with Gasteiger partial charge in [0.25, 0.3) is 0 Å². The molecule has 0 aliphatic rings. The third-order valence-corrected chi connectivity index (χ3v) is 3.16. The molecule has 1 unspecified atom stereocenters. The zero-order chi connectivity index (χ0) is 15.4. The van der Waals surface area contributed by atoms with E-state index in [9.17, 15) is 10.1 Å². The molecule has 1 aromatic heterocycles. The molecule has 106 valence electrons. The highest BCUT2D eigenvalue weighted by molar-refractivity contribution is 6.30. The Morgan fingerprint density at radius 2 is 2.24 bits per heavy atom. The van der Waals surface area contributed by atoms with Crippen molar-refractivity contribution in [3.05, 3.63) is 62.8 Å². The summed E-state index contributed by atoms with van der Waals surface area (Å²) in [4.78, 5) is 14.5. The fourth-order valence-electron chi connectivity index (χ4n) is 1.90. The Hall–Kier alpha value is -2.65. The molecule has 0 fully saturated rings. The minimum absolute atomic E-state index is 0.0317. The highest BCUT2D eigenvalue weighted by atomic mass is 35.5. The number of nitrogens with zero attached hydrogens (tertiary/aromatic N) is 3. The molecule has 0 saturated carbocycles. The summed E-state index contributed by atoms with van der Waals surface area (Å²) in [7, 11) is 0. The average molecular weight is 303 g/mol. The highest BCUT2D eigenvalue weighted by Gasteiger charge is 2.22. The summed E-state index contributed by atoms with van der Waals surface area (Å²) in [5.74, 6) is 0.0616. The normalized spacial score (nSPS) is 11.5. The van der Waals surface area contributed by atoms with Crippen LogP contribution in [0.15, 0.2) is 36.5 Å². The van der Waals surface area contributed by atoms with E-state index in [4.69, 9.17) is 16.9 Å². The zero-order valence-electron chi connectivity index (χ0n) is 11.1. The molecule has 0 bridgehead atoms. The molecular formula is C14H11ClN4O2. The monoisotopic (exact) mass is 302 g/mol. The highest BCUT2D eigenvalue weighted by Crippen LogP contribution is 2.29. The first-order valence-electron chi connectivity index (χ1n) is 6.08. The topological polar surface area (TPSA) is 91.8 Å². The fraction of sp³-hybridized carbons (Fsp3) is 0.143. The van der Waals surface area contributed by atoms with E-state index < -0.39 is 4.92 Å². The van der Waals surface area contributed by atoms with Gasteiger partial charge in [0.2, 0.25) is 5.82 Å². The number of anilines is 1. The second kappa shape index (κ2) is 6.20. The Kier molecular flexibility index (Phi) is 4.36. The molecule has 0 aliphatic carbocycles. The molecule has 7 heteroatoms. The second-order valence-corrected chi connectivity index (χ2v) is 4.78. The Balaban J connectivity index is 2.36. The Morgan fingerprint density at radius 3 is 2.86 bits per heavy atom. The van der Waals surface area contributed by atoms with E-state index >= 15 is 0 Å². The Bertz CT molecular complexity index is 727. The van der Waals surface area contributed by atoms with Crippen LogP contribution in [-0.4, -0.2) is 9.91 Å². The van der Waals surface area contributed by atoms with E-state index in [0.717, 1.165) is 5.56 Å². The van der Waals surface area contributed by atoms with E-state index in [1.54, 1.807) is 24.3 Å². The third-order valence-electron chi connectivity index (χ3n) is 2.93. The van der Waals surface area contributed by atoms with Crippen LogP contribution in [0.1, 0.15) is 24.1 Å². The number of benzene rings is 1. The van der Waals surface area contributed by atoms with Crippen molar-refractivity contribution < 1.29 is 4.92 Å². The number of nitrogens with one attached hydrogen (secondary N) is 1. The third kappa shape index (κ3) is 3.27. The van der Waals surface area contributed by atoms with E-state index in [1.165, 1.54) is 12.3 Å². The van der Waals surface area contributed by atoms with Gasteiger partial charge in [-0.2, -0.15) is 5.26 Å². The van der Waals surface area contributed by atoms with Gasteiger partial charge in [0.1, 0.15) is 11.6 Å². The molecule has 1 heterocycles. The lowest BCUT2D eigenvalue weighted by atomic mass is 10.1. The first-order valence-corrected chi connectivity index (χ1v) is 6.46. The van der Waals surface area contributed by atoms with Gasteiger partial charge in [0.15, 0.2) is 0 Å². The van der Waals surface area contributed by atoms with Crippen LogP contribution in [0.25, 0.3) is 0 Å². The maximum atomic E-state index is 11.1. The van der Waals surface area contributed by atoms with Gasteiger partial charge < -0.3 is 5.32 Å². The maximum absolute atomic E-state index is 11.1. The molecule has 0 saturated heterocycles. The van der Waals surface area contributed by atoms with Crippen LogP contribution in [-0.2, 0) is 0 Å². The van der Waals surface area contributed by atoms with Crippen molar-refractivity contribution in [1.82, 2.24) is 4.98 Å². The van der Waals surface area contributed by atoms with Crippen LogP contribution in [0, 0.1) is 21.4 Å². The van der Waals surface area contributed by atoms with Crippen molar-refractivity contribution >= 4 is 23.1 Å². The summed E-state index contributed by atoms with van der Waals surface area (Å²) in [6.45, 7) is 1.83. The number of hydrogen-bond acceptors (Lipinski definition) is 5. The summed E-state index contributed by atoms with van der Waals surface area (Å²) in [5.41, 5.74) is 0.505. The van der Waals surface area contributed by atoms with Crippen molar-refractivity contribution in [3.63, 3.8) is 0 Å². The lowest BCUT2D eigenvalue weighted by molar-refractivity contribution is -0.384. The van der Waals surface area contributed by atoms with Crippen LogP contribution in [0.2, 0.25) is 5.02 Å². The van der Waals surface area contributed by atoms with Gasteiger partial charge >= 0.3 is 5.69 Å². The van der Waals surface area contributed by atoms with Crippen LogP contribution < -0.4 is 5.32 Å². The molecule has 0 spiro atoms. The summed E-state index contributed by atoms with van der Waals surface area (Å²) in [5, 5.41) is 23.6. The van der Waals surface area contributed by atoms with Gasteiger partial charge in [-0.25, -0.2) is 4.98 Å². The van der Waals surface area contributed by atoms with Crippen molar-refractivity contribution in [2.45, 2.75) is 13.0 Å². The summed E-state index contributed by atoms with van der Waals surface area (Å²) in [6.07, 6.45) is 1.36. The first-order chi connectivity index (χ1) is 10.0. The zero-order valence-corrected chi connectivity index (χ0v) is 11.8. The minimum Gasteiger partial charge on any atom is -0.358 e. The molecule has 1 N–H and O–H groups in total. The predicted molar refractivity (Wildman–Crippen MR) is 79.1 cm³/mol. The predicted octanol–water partition coefficient (Wildman–Crippen LogP) is 3.69. The van der Waals surface area contributed by atoms with Crippen LogP contribution in [0.5, 0.6) is 0 Å². The molecule has 0 radical (unpaired) electrons. The van der Waals surface area contributed by atoms with Gasteiger partial charge in [0.05, 0.1) is 11.0 Å². The number of rotatable bonds is 4. The summed E-state index contributed by atoms with van der Waals surface area (Å²) >= 11 is 5.93. The number of aromatic nitrogens is 1. The van der Waals surface area contributed by atoms with Gasteiger partial charge in [0, 0.05) is 11.2 Å². The quantitative estimate of drug-likeness (QED) is 0.687. The molecule has 0 amide bonds. The van der Waals surface area contributed by atoms with Crippen LogP contribution in [0.3, 0.4) is 0 Å². The van der Waals surface area contributed by atoms with Crippen LogP contribution in [0.4, 0.5) is 11.5 Å². The summed E-state index contributed by atoms with van der Waals surface area (Å²) < 4.78 is 0. The average Bonchev–Trinajstić information content (AvgIpc) is 2.46. The van der Waals surface area contributed by atoms with Crippen molar-refractivity contribution in [2.75, 3.05) is 5.32 Å². The minimum atomic E-state index is -0.613. The van der Waals surface area contributed by atoms with Crippen molar-refractivity contribution in [2.24, 2.45) is 0 Å². The molecule has 1 aromatic carbocycles. The lowest BCUT2D eigenvalue weighted by Crippen LogP contribution is -2.10. The number of pyridine rings is 1. The smallest absolute Gasteiger partial charge is 0.328 e. The SMILES string of the molecule is CC(Nc1nccc(C#N)c1[N+](=O)[O-])c1cccc(Cl)c1. The molecular weight excluding hydrogens is 292 g/mol. The molecule has 2 rings (SSSR count). The van der Waals surface area contributed by atoms with Crippen molar-refractivity contribution in [3.8, 4) is 6.07 Å². The molecule has 1 atom stereocenters. The number of nitro groups is 1. The number of nitriles is 1. The van der Waals surface area contributed by atoms with Gasteiger partial charge in [-0.3, -0.25) is 10.1 Å². The molecule has 0 aliphatic heterocycles. The van der Waals surface area contributed by atoms with Gasteiger partial charge in [-0.05, 0) is 30.7 Å². The largest absolute Gasteiger partial charge is 0.358 e. The van der Waals surface area contributed by atoms with Crippen molar-refractivity contribution in [1.29, 1.82) is 5.26 Å². The van der Waals surface area contributed by atoms with E-state index in [0.29, 0.717) is 5.02 Å². The Labute approximate surface area is 126 Å². The molecule has 6 nitrogen and oxygen atoms in total. The second-order valence-electron chi connectivity index (χ2n) is 4.35. The Morgan fingerprint density at radius 1 is 1.48 bits per heavy atom. The van der Waals surface area contributed by atoms with Gasteiger partial charge in [-0.1, -0.05) is 23.7 Å². The van der Waals surface area contributed by atoms with Gasteiger partial charge in [-0.15, -0.1) is 0 Å². The number of halogens is 1. The van der Waals surface area contributed by atoms with E-state index in [2.05, 4.69) is 10.3 Å². The van der Waals surface area contributed by atoms with E-state index in [-0.39, 0.29) is 23.1 Å². The standard InChI is InChI=1S/C14H11ClN4O2/c1-9(10-3-2-4-12(15)7-10)18-14-13(19(20)21)11(8-16)5-6-17-14/h2-7,9H,1H3,(H,17,18). The summed E-state index contributed by atoms with van der Waals surface area (Å²) in [6, 6.07) is 10.0. The van der Waals surface area contributed by atoms with Crippen LogP contribution >= 0.6 is 11.6 Å². The fourth-order valence-corrected chi connectivity index (χ4v) is 2.10. The number of hydrogen-bond donors (Lipinski definition) is 1. The molecule has 2 aromatic rings.